The molecule has 0 aromatic heterocycles. The summed E-state index contributed by atoms with van der Waals surface area (Å²) in [5.41, 5.74) is 1.91. The summed E-state index contributed by atoms with van der Waals surface area (Å²) in [6.07, 6.45) is 1.46. The number of nitrogens with zero attached hydrogens (tertiary/aromatic N) is 1. The van der Waals surface area contributed by atoms with E-state index in [1.54, 1.807) is 35.2 Å². The van der Waals surface area contributed by atoms with Crippen molar-refractivity contribution in [3.8, 4) is 5.75 Å². The fraction of sp³-hybridized carbons (Fsp3) is 0.387. The van der Waals surface area contributed by atoms with Crippen LogP contribution in [0.1, 0.15) is 64.9 Å². The van der Waals surface area contributed by atoms with Crippen molar-refractivity contribution in [2.24, 2.45) is 10.8 Å². The number of allylic oxidation sites excluding steroid dienone is 4. The molecule has 8 nitrogen and oxygen atoms in total. The maximum atomic E-state index is 13.9. The van der Waals surface area contributed by atoms with E-state index in [9.17, 15) is 27.9 Å². The topological polar surface area (TPSA) is 118 Å². The van der Waals surface area contributed by atoms with Gasteiger partial charge in [0.2, 0.25) is 0 Å². The van der Waals surface area contributed by atoms with Gasteiger partial charge in [-0.25, -0.2) is 0 Å². The van der Waals surface area contributed by atoms with Gasteiger partial charge < -0.3 is 14.2 Å². The van der Waals surface area contributed by atoms with Gasteiger partial charge in [0.05, 0.1) is 8.95 Å². The van der Waals surface area contributed by atoms with Crippen molar-refractivity contribution in [2.45, 2.75) is 64.2 Å². The molecule has 2 aromatic rings. The molecule has 0 atom stereocenters. The molecule has 1 N–H and O–H groups in total. The van der Waals surface area contributed by atoms with Gasteiger partial charge in [0, 0.05) is 41.3 Å². The molecule has 0 unspecified atom stereocenters. The van der Waals surface area contributed by atoms with Crippen LogP contribution < -0.4 is 4.18 Å². The van der Waals surface area contributed by atoms with Crippen LogP contribution in [0.5, 0.6) is 5.75 Å². The number of carboxylic acid groups (broad SMARTS) is 1. The van der Waals surface area contributed by atoms with E-state index in [-0.39, 0.29) is 41.6 Å². The van der Waals surface area contributed by atoms with Crippen molar-refractivity contribution >= 4 is 59.5 Å². The minimum atomic E-state index is -4.15. The van der Waals surface area contributed by atoms with E-state index in [1.807, 2.05) is 27.7 Å². The van der Waals surface area contributed by atoms with E-state index in [0.717, 1.165) is 0 Å². The van der Waals surface area contributed by atoms with Gasteiger partial charge in [-0.2, -0.15) is 8.42 Å². The predicted octanol–water partition coefficient (Wildman–Crippen LogP) is 6.75. The van der Waals surface area contributed by atoms with E-state index >= 15 is 0 Å². The van der Waals surface area contributed by atoms with Crippen LogP contribution >= 0.6 is 31.9 Å². The second-order valence-corrected chi connectivity index (χ2v) is 15.9. The molecular weight excluding hydrogens is 690 g/mol. The molecular formula is C31H31Br2NO7S. The van der Waals surface area contributed by atoms with Crippen molar-refractivity contribution in [2.75, 3.05) is 6.54 Å². The van der Waals surface area contributed by atoms with Crippen LogP contribution in [0.2, 0.25) is 0 Å². The third-order valence-electron chi connectivity index (χ3n) is 7.89. The summed E-state index contributed by atoms with van der Waals surface area (Å²) < 4.78 is 32.1. The second-order valence-electron chi connectivity index (χ2n) is 12.7. The molecule has 5 rings (SSSR count). The third kappa shape index (κ3) is 5.75. The number of halogens is 2. The van der Waals surface area contributed by atoms with Gasteiger partial charge in [-0.1, -0.05) is 45.9 Å². The molecule has 1 aliphatic heterocycles. The highest BCUT2D eigenvalue weighted by Crippen LogP contribution is 2.55. The summed E-state index contributed by atoms with van der Waals surface area (Å²) in [5, 5.41) is 9.87. The summed E-state index contributed by atoms with van der Waals surface area (Å²) in [4.78, 5) is 41.5. The number of Topliss-reactive ketones (excluding diaryl/α,β-unsaturated/α-hetero) is 2. The fourth-order valence-electron chi connectivity index (χ4n) is 6.28. The molecule has 42 heavy (non-hydrogen) atoms. The van der Waals surface area contributed by atoms with Crippen molar-refractivity contribution in [3.05, 3.63) is 79.5 Å². The van der Waals surface area contributed by atoms with Crippen molar-refractivity contribution in [1.29, 1.82) is 0 Å². The lowest BCUT2D eigenvalue weighted by molar-refractivity contribution is -0.138. The first-order valence-corrected chi connectivity index (χ1v) is 16.5. The Balaban J connectivity index is 1.69. The molecule has 222 valence electrons. The number of rotatable bonds is 6. The highest BCUT2D eigenvalue weighted by atomic mass is 79.9. The first kappa shape index (κ1) is 30.7. The Kier molecular flexibility index (Phi) is 7.85. The SMILES string of the molecule is CC1(C)CC(=O)C2=C(C1)N(CC(=O)O)C1=C(C(=O)CC(C)(C)C1)C2c1cc(Br)c(OS(=O)(=O)c2ccccc2)c(Br)c1. The van der Waals surface area contributed by atoms with Gasteiger partial charge in [-0.15, -0.1) is 0 Å². The zero-order chi connectivity index (χ0) is 30.8. The predicted molar refractivity (Wildman–Crippen MR) is 163 cm³/mol. The molecule has 2 aromatic carbocycles. The van der Waals surface area contributed by atoms with Crippen LogP contribution in [-0.4, -0.2) is 42.5 Å². The molecule has 0 fully saturated rings. The number of carbonyl (C=O) groups is 3. The van der Waals surface area contributed by atoms with Crippen LogP contribution in [0.15, 0.2) is 78.8 Å². The molecule has 1 heterocycles. The maximum absolute atomic E-state index is 13.9. The first-order chi connectivity index (χ1) is 19.5. The normalized spacial score (nSPS) is 20.4. The minimum absolute atomic E-state index is 0.00546. The molecule has 2 aliphatic carbocycles. The van der Waals surface area contributed by atoms with Crippen molar-refractivity contribution in [1.82, 2.24) is 4.90 Å². The summed E-state index contributed by atoms with van der Waals surface area (Å²) in [6.45, 7) is 7.57. The highest BCUT2D eigenvalue weighted by molar-refractivity contribution is 9.11. The van der Waals surface area contributed by atoms with Gasteiger partial charge in [-0.05, 0) is 85.4 Å². The minimum Gasteiger partial charge on any atom is -0.480 e. The lowest BCUT2D eigenvalue weighted by Gasteiger charge is -2.48. The maximum Gasteiger partial charge on any atom is 0.339 e. The zero-order valence-corrected chi connectivity index (χ0v) is 27.7. The summed E-state index contributed by atoms with van der Waals surface area (Å²) in [5.74, 6) is -2.03. The van der Waals surface area contributed by atoms with E-state index in [1.165, 1.54) is 12.1 Å². The van der Waals surface area contributed by atoms with Gasteiger partial charge in [0.1, 0.15) is 11.4 Å². The third-order valence-corrected chi connectivity index (χ3v) is 10.3. The number of aliphatic carboxylic acids is 1. The van der Waals surface area contributed by atoms with E-state index in [0.29, 0.717) is 49.9 Å². The summed E-state index contributed by atoms with van der Waals surface area (Å²) in [7, 11) is -4.15. The van der Waals surface area contributed by atoms with E-state index in [2.05, 4.69) is 31.9 Å². The quantitative estimate of drug-likeness (QED) is 0.326. The molecule has 3 aliphatic rings. The molecule has 0 spiro atoms. The lowest BCUT2D eigenvalue weighted by atomic mass is 9.63. The zero-order valence-electron chi connectivity index (χ0n) is 23.7. The average Bonchev–Trinajstić information content (AvgIpc) is 2.86. The Morgan fingerprint density at radius 1 is 0.905 bits per heavy atom. The van der Waals surface area contributed by atoms with Crippen LogP contribution in [0.3, 0.4) is 0 Å². The van der Waals surface area contributed by atoms with Gasteiger partial charge in [0.15, 0.2) is 17.3 Å². The Morgan fingerprint density at radius 2 is 1.38 bits per heavy atom. The number of hydrogen-bond acceptors (Lipinski definition) is 7. The van der Waals surface area contributed by atoms with Gasteiger partial charge >= 0.3 is 16.1 Å². The smallest absolute Gasteiger partial charge is 0.339 e. The van der Waals surface area contributed by atoms with Crippen LogP contribution in [-0.2, 0) is 24.5 Å². The molecule has 0 amide bonds. The number of carbonyl (C=O) groups excluding carboxylic acids is 2. The Labute approximate surface area is 262 Å². The lowest BCUT2D eigenvalue weighted by Crippen LogP contribution is -2.45. The second kappa shape index (κ2) is 10.7. The molecule has 0 bridgehead atoms. The van der Waals surface area contributed by atoms with Crippen molar-refractivity contribution < 1.29 is 32.1 Å². The summed E-state index contributed by atoms with van der Waals surface area (Å²) >= 11 is 6.93. The molecule has 11 heteroatoms. The fourth-order valence-corrected chi connectivity index (χ4v) is 8.86. The molecule has 0 radical (unpaired) electrons. The molecule has 0 saturated heterocycles. The van der Waals surface area contributed by atoms with E-state index in [4.69, 9.17) is 4.18 Å². The van der Waals surface area contributed by atoms with Crippen LogP contribution in [0, 0.1) is 10.8 Å². The van der Waals surface area contributed by atoms with Crippen LogP contribution in [0.25, 0.3) is 0 Å². The number of ketones is 2. The summed E-state index contributed by atoms with van der Waals surface area (Å²) in [6, 6.07) is 11.1. The van der Waals surface area contributed by atoms with Crippen molar-refractivity contribution in [3.63, 3.8) is 0 Å². The molecule has 0 saturated carbocycles. The van der Waals surface area contributed by atoms with E-state index < -0.39 is 32.8 Å². The Hall–Kier alpha value is -2.76. The largest absolute Gasteiger partial charge is 0.480 e. The monoisotopic (exact) mass is 719 g/mol. The van der Waals surface area contributed by atoms with Crippen LogP contribution in [0.4, 0.5) is 0 Å². The Morgan fingerprint density at radius 3 is 1.83 bits per heavy atom. The Bertz CT molecular complexity index is 1610. The average molecular weight is 721 g/mol. The standard InChI is InChI=1S/C31H31Br2NO7S/c1-30(2)12-21-27(23(35)14-30)26(28-22(34(21)16-25(37)38)13-31(3,4)15-24(28)36)17-10-19(32)29(20(33)11-17)41-42(39,40)18-8-6-5-7-9-18/h5-11,26H,12-16H2,1-4H3,(H,37,38). The van der Waals surface area contributed by atoms with Gasteiger partial charge in [-0.3, -0.25) is 14.4 Å². The number of hydrogen-bond donors (Lipinski definition) is 1. The number of benzene rings is 2. The first-order valence-electron chi connectivity index (χ1n) is 13.5. The van der Waals surface area contributed by atoms with Gasteiger partial charge in [0.25, 0.3) is 0 Å². The number of carboxylic acids is 1. The highest BCUT2D eigenvalue weighted by Gasteiger charge is 2.49.